The minimum atomic E-state index is -0.482. The van der Waals surface area contributed by atoms with Crippen LogP contribution in [0.15, 0.2) is 24.3 Å². The van der Waals surface area contributed by atoms with Gasteiger partial charge in [0, 0.05) is 0 Å². The molecule has 0 fully saturated rings. The second-order valence-corrected chi connectivity index (χ2v) is 4.82. The van der Waals surface area contributed by atoms with Gasteiger partial charge in [0.1, 0.15) is 6.61 Å². The van der Waals surface area contributed by atoms with Crippen LogP contribution in [0.5, 0.6) is 0 Å². The van der Waals surface area contributed by atoms with Crippen LogP contribution in [-0.2, 0) is 9.78 Å². The van der Waals surface area contributed by atoms with Crippen molar-refractivity contribution in [1.82, 2.24) is 0 Å². The van der Waals surface area contributed by atoms with Gasteiger partial charge in [-0.2, -0.15) is 4.89 Å². The van der Waals surface area contributed by atoms with Crippen molar-refractivity contribution >= 4 is 5.97 Å². The fraction of sp³-hybridized carbons (Fsp3) is 0.385. The Bertz CT molecular complexity index is 364. The Morgan fingerprint density at radius 2 is 2.00 bits per heavy atom. The minimum Gasteiger partial charge on any atom is -0.292 e. The molecule has 3 heteroatoms. The van der Waals surface area contributed by atoms with E-state index in [0.29, 0.717) is 5.56 Å². The van der Waals surface area contributed by atoms with E-state index in [1.165, 1.54) is 6.61 Å². The van der Waals surface area contributed by atoms with Crippen LogP contribution in [0.25, 0.3) is 0 Å². The number of hydrogen-bond donors (Lipinski definition) is 0. The summed E-state index contributed by atoms with van der Waals surface area (Å²) in [7, 11) is 0. The number of carbonyl (C=O) groups is 1. The first kappa shape index (κ1) is 12.7. The lowest BCUT2D eigenvalue weighted by atomic mass is 9.99. The third kappa shape index (κ3) is 4.45. The van der Waals surface area contributed by atoms with Gasteiger partial charge in [-0.15, -0.1) is 0 Å². The summed E-state index contributed by atoms with van der Waals surface area (Å²) >= 11 is 0. The normalized spacial score (nSPS) is 11.2. The summed E-state index contributed by atoms with van der Waals surface area (Å²) in [5, 5.41) is 0. The molecule has 0 aromatic heterocycles. The second kappa shape index (κ2) is 5.12. The molecule has 87 valence electrons. The van der Waals surface area contributed by atoms with Gasteiger partial charge in [-0.05, 0) is 24.5 Å². The molecule has 0 saturated heterocycles. The van der Waals surface area contributed by atoms with E-state index in [2.05, 4.69) is 4.89 Å². The number of aryl methyl sites for hydroxylation is 1. The zero-order chi connectivity index (χ0) is 12.2. The molecule has 0 aliphatic carbocycles. The van der Waals surface area contributed by atoms with Crippen LogP contribution in [0, 0.1) is 18.9 Å². The Hall–Kier alpha value is -1.35. The lowest BCUT2D eigenvalue weighted by molar-refractivity contribution is -0.224. The highest BCUT2D eigenvalue weighted by Gasteiger charge is 2.14. The van der Waals surface area contributed by atoms with E-state index in [1.807, 2.05) is 33.8 Å². The Morgan fingerprint density at radius 1 is 1.31 bits per heavy atom. The lowest BCUT2D eigenvalue weighted by Gasteiger charge is -2.15. The van der Waals surface area contributed by atoms with Crippen LogP contribution < -0.4 is 0 Å². The largest absolute Gasteiger partial charge is 0.373 e. The molecule has 1 aromatic rings. The van der Waals surface area contributed by atoms with Crippen LogP contribution in [0.1, 0.15) is 36.7 Å². The molecule has 1 aromatic carbocycles. The van der Waals surface area contributed by atoms with Crippen LogP contribution in [0.3, 0.4) is 0 Å². The maximum Gasteiger partial charge on any atom is 0.373 e. The summed E-state index contributed by atoms with van der Waals surface area (Å²) in [5.74, 6) is -0.482. The maximum atomic E-state index is 11.5. The van der Waals surface area contributed by atoms with Crippen molar-refractivity contribution in [2.45, 2.75) is 27.7 Å². The second-order valence-electron chi connectivity index (χ2n) is 4.82. The first-order valence-corrected chi connectivity index (χ1v) is 5.17. The van der Waals surface area contributed by atoms with E-state index in [9.17, 15) is 4.79 Å². The first-order chi connectivity index (χ1) is 7.38. The molecule has 16 heavy (non-hydrogen) atoms. The predicted octanol–water partition coefficient (Wildman–Crippen LogP) is 3.29. The Labute approximate surface area is 96.3 Å². The Morgan fingerprint density at radius 3 is 2.56 bits per heavy atom. The van der Waals surface area contributed by atoms with E-state index in [1.54, 1.807) is 18.2 Å². The van der Waals surface area contributed by atoms with Gasteiger partial charge in [0.2, 0.25) is 0 Å². The number of hydrogen-bond acceptors (Lipinski definition) is 3. The van der Waals surface area contributed by atoms with Crippen LogP contribution in [-0.4, -0.2) is 5.97 Å². The highest BCUT2D eigenvalue weighted by molar-refractivity contribution is 5.89. The monoisotopic (exact) mass is 221 g/mol. The van der Waals surface area contributed by atoms with Crippen molar-refractivity contribution in [2.24, 2.45) is 5.41 Å². The Kier molecular flexibility index (Phi) is 4.07. The highest BCUT2D eigenvalue weighted by atomic mass is 17.2. The van der Waals surface area contributed by atoms with Gasteiger partial charge in [0.25, 0.3) is 0 Å². The fourth-order valence-corrected chi connectivity index (χ4v) is 1.03. The van der Waals surface area contributed by atoms with Crippen LogP contribution in [0.2, 0.25) is 0 Å². The molecule has 0 N–H and O–H groups in total. The molecule has 0 heterocycles. The molecule has 1 radical (unpaired) electrons. The van der Waals surface area contributed by atoms with E-state index in [-0.39, 0.29) is 5.41 Å². The lowest BCUT2D eigenvalue weighted by Crippen LogP contribution is -2.12. The van der Waals surface area contributed by atoms with Gasteiger partial charge in [0.05, 0.1) is 5.56 Å². The molecule has 0 saturated carbocycles. The summed E-state index contributed by atoms with van der Waals surface area (Å²) in [6, 6.07) is 7.16. The number of benzene rings is 1. The van der Waals surface area contributed by atoms with Gasteiger partial charge in [0.15, 0.2) is 0 Å². The fourth-order valence-electron chi connectivity index (χ4n) is 1.03. The molecule has 0 spiro atoms. The summed E-state index contributed by atoms with van der Waals surface area (Å²) in [4.78, 5) is 21.0. The first-order valence-electron chi connectivity index (χ1n) is 5.17. The number of carbonyl (C=O) groups excluding carboxylic acids is 1. The average Bonchev–Trinajstić information content (AvgIpc) is 2.15. The molecule has 0 unspecified atom stereocenters. The molecule has 1 rings (SSSR count). The molecule has 0 aliphatic rings. The van der Waals surface area contributed by atoms with E-state index >= 15 is 0 Å². The van der Waals surface area contributed by atoms with Crippen molar-refractivity contribution in [3.63, 3.8) is 0 Å². The summed E-state index contributed by atoms with van der Waals surface area (Å²) < 4.78 is 0. The Balaban J connectivity index is 2.47. The SMILES string of the molecule is Cc1cccc(C(=O)OO[CH]C(C)(C)C)c1. The van der Waals surface area contributed by atoms with E-state index in [4.69, 9.17) is 4.89 Å². The topological polar surface area (TPSA) is 35.5 Å². The summed E-state index contributed by atoms with van der Waals surface area (Å²) in [5.41, 5.74) is 1.35. The van der Waals surface area contributed by atoms with Crippen molar-refractivity contribution in [2.75, 3.05) is 0 Å². The third-order valence-electron chi connectivity index (χ3n) is 1.78. The molecule has 0 aliphatic heterocycles. The van der Waals surface area contributed by atoms with E-state index < -0.39 is 5.97 Å². The van der Waals surface area contributed by atoms with Crippen LogP contribution >= 0.6 is 0 Å². The zero-order valence-electron chi connectivity index (χ0n) is 10.1. The van der Waals surface area contributed by atoms with Gasteiger partial charge in [-0.3, -0.25) is 4.89 Å². The van der Waals surface area contributed by atoms with Gasteiger partial charge >= 0.3 is 5.97 Å². The third-order valence-corrected chi connectivity index (χ3v) is 1.78. The molecule has 0 amide bonds. The minimum absolute atomic E-state index is 0.146. The molecule has 0 bridgehead atoms. The average molecular weight is 221 g/mol. The van der Waals surface area contributed by atoms with Crippen molar-refractivity contribution in [3.8, 4) is 0 Å². The molecular formula is C13H17O3. The van der Waals surface area contributed by atoms with Crippen molar-refractivity contribution in [1.29, 1.82) is 0 Å². The van der Waals surface area contributed by atoms with E-state index in [0.717, 1.165) is 5.56 Å². The molecular weight excluding hydrogens is 204 g/mol. The standard InChI is InChI=1S/C13H17O3/c1-10-6-5-7-11(8-10)12(14)16-15-9-13(2,3)4/h5-9H,1-4H3. The van der Waals surface area contributed by atoms with Crippen LogP contribution in [0.4, 0.5) is 0 Å². The molecule has 0 atom stereocenters. The highest BCUT2D eigenvalue weighted by Crippen LogP contribution is 2.18. The maximum absolute atomic E-state index is 11.5. The van der Waals surface area contributed by atoms with Crippen molar-refractivity contribution < 1.29 is 14.6 Å². The summed E-state index contributed by atoms with van der Waals surface area (Å²) in [6.45, 7) is 9.26. The summed E-state index contributed by atoms with van der Waals surface area (Å²) in [6.07, 6.45) is 0. The smallest absolute Gasteiger partial charge is 0.292 e. The van der Waals surface area contributed by atoms with Gasteiger partial charge in [-0.1, -0.05) is 38.5 Å². The van der Waals surface area contributed by atoms with Crippen molar-refractivity contribution in [3.05, 3.63) is 42.0 Å². The molecule has 3 nitrogen and oxygen atoms in total. The van der Waals surface area contributed by atoms with Gasteiger partial charge in [-0.25, -0.2) is 4.79 Å². The zero-order valence-corrected chi connectivity index (χ0v) is 10.1. The predicted molar refractivity (Wildman–Crippen MR) is 61.4 cm³/mol. The van der Waals surface area contributed by atoms with Gasteiger partial charge < -0.3 is 0 Å². The number of rotatable bonds is 3. The quantitative estimate of drug-likeness (QED) is 0.580.